The van der Waals surface area contributed by atoms with Crippen LogP contribution in [0.4, 0.5) is 0 Å². The minimum Gasteiger partial charge on any atom is -0.378 e. The average molecular weight is 336 g/mol. The van der Waals surface area contributed by atoms with E-state index in [1.165, 1.54) is 7.11 Å². The quantitative estimate of drug-likeness (QED) is 0.907. The highest BCUT2D eigenvalue weighted by Gasteiger charge is 2.42. The number of benzene rings is 1. The number of amides is 1. The molecule has 23 heavy (non-hydrogen) atoms. The zero-order chi connectivity index (χ0) is 16.3. The fourth-order valence-electron chi connectivity index (χ4n) is 2.67. The minimum absolute atomic E-state index is 0.186. The second-order valence-electron chi connectivity index (χ2n) is 5.39. The van der Waals surface area contributed by atoms with Gasteiger partial charge >= 0.3 is 0 Å². The first-order valence-electron chi connectivity index (χ1n) is 7.33. The number of imidazole rings is 1. The molecule has 0 spiro atoms. The molecule has 3 rings (SSSR count). The summed E-state index contributed by atoms with van der Waals surface area (Å²) in [6.45, 7) is 1.09. The van der Waals surface area contributed by atoms with E-state index in [0.717, 1.165) is 11.3 Å². The van der Waals surface area contributed by atoms with Crippen molar-refractivity contribution in [3.8, 4) is 5.69 Å². The highest BCUT2D eigenvalue weighted by atomic mass is 35.5. The van der Waals surface area contributed by atoms with Crippen LogP contribution in [0.25, 0.3) is 5.69 Å². The molecular formula is C16H18ClN3O3. The lowest BCUT2D eigenvalue weighted by Gasteiger charge is -2.24. The van der Waals surface area contributed by atoms with Crippen molar-refractivity contribution < 1.29 is 14.3 Å². The number of rotatable bonds is 5. The normalized spacial score (nSPS) is 20.6. The van der Waals surface area contributed by atoms with E-state index in [1.807, 2.05) is 22.9 Å². The van der Waals surface area contributed by atoms with Crippen LogP contribution in [-0.4, -0.2) is 41.4 Å². The molecule has 1 amide bonds. The summed E-state index contributed by atoms with van der Waals surface area (Å²) >= 11 is 6.32. The lowest BCUT2D eigenvalue weighted by molar-refractivity contribution is -0.143. The number of nitrogens with zero attached hydrogens (tertiary/aromatic N) is 2. The third-order valence-electron chi connectivity index (χ3n) is 4.09. The number of ether oxygens (including phenoxy) is 2. The van der Waals surface area contributed by atoms with E-state index in [2.05, 4.69) is 10.3 Å². The highest BCUT2D eigenvalue weighted by molar-refractivity contribution is 6.31. The predicted molar refractivity (Wildman–Crippen MR) is 85.6 cm³/mol. The maximum Gasteiger partial charge on any atom is 0.255 e. The van der Waals surface area contributed by atoms with Crippen molar-refractivity contribution in [2.75, 3.05) is 20.3 Å². The van der Waals surface area contributed by atoms with Crippen LogP contribution < -0.4 is 5.32 Å². The Morgan fingerprint density at radius 1 is 1.57 bits per heavy atom. The summed E-state index contributed by atoms with van der Waals surface area (Å²) < 4.78 is 12.6. The second kappa shape index (κ2) is 6.70. The Bertz CT molecular complexity index is 682. The van der Waals surface area contributed by atoms with E-state index in [1.54, 1.807) is 18.6 Å². The van der Waals surface area contributed by atoms with Gasteiger partial charge in [0.15, 0.2) is 5.60 Å². The van der Waals surface area contributed by atoms with Crippen molar-refractivity contribution in [2.24, 2.45) is 0 Å². The molecule has 0 aliphatic carbocycles. The van der Waals surface area contributed by atoms with Gasteiger partial charge in [-0.05, 0) is 12.1 Å². The molecule has 0 radical (unpaired) electrons. The van der Waals surface area contributed by atoms with Crippen LogP contribution in [0.2, 0.25) is 5.02 Å². The monoisotopic (exact) mass is 335 g/mol. The molecule has 0 unspecified atom stereocenters. The van der Waals surface area contributed by atoms with Crippen molar-refractivity contribution in [2.45, 2.75) is 18.6 Å². The second-order valence-corrected chi connectivity index (χ2v) is 5.80. The van der Waals surface area contributed by atoms with Crippen LogP contribution >= 0.6 is 11.6 Å². The Morgan fingerprint density at radius 3 is 3.09 bits per heavy atom. The number of nitrogens with one attached hydrogen (secondary N) is 1. The molecule has 1 atom stereocenters. The molecule has 1 aromatic heterocycles. The fourth-order valence-corrected chi connectivity index (χ4v) is 2.91. The first-order valence-corrected chi connectivity index (χ1v) is 7.71. The van der Waals surface area contributed by atoms with E-state index in [-0.39, 0.29) is 12.5 Å². The van der Waals surface area contributed by atoms with Crippen molar-refractivity contribution >= 4 is 17.5 Å². The molecule has 1 aromatic carbocycles. The van der Waals surface area contributed by atoms with Crippen LogP contribution in [0.15, 0.2) is 36.9 Å². The average Bonchev–Trinajstić information content (AvgIpc) is 3.25. The van der Waals surface area contributed by atoms with E-state index >= 15 is 0 Å². The summed E-state index contributed by atoms with van der Waals surface area (Å²) in [7, 11) is 1.53. The van der Waals surface area contributed by atoms with Gasteiger partial charge in [0.1, 0.15) is 0 Å². The zero-order valence-corrected chi connectivity index (χ0v) is 13.5. The first-order chi connectivity index (χ1) is 11.2. The molecule has 122 valence electrons. The molecule has 2 heterocycles. The SMILES string of the molecule is CO[C@@]1(C(=O)NCc2c(Cl)cccc2-n2ccnc2)CCOC1. The van der Waals surface area contributed by atoms with Gasteiger partial charge in [0, 0.05) is 43.1 Å². The maximum absolute atomic E-state index is 12.5. The van der Waals surface area contributed by atoms with Gasteiger partial charge in [0.05, 0.1) is 25.2 Å². The summed E-state index contributed by atoms with van der Waals surface area (Å²) in [5.74, 6) is -0.186. The predicted octanol–water partition coefficient (Wildman–Crippen LogP) is 1.95. The summed E-state index contributed by atoms with van der Waals surface area (Å²) in [5.41, 5.74) is 0.797. The molecule has 1 aliphatic heterocycles. The smallest absolute Gasteiger partial charge is 0.255 e. The van der Waals surface area contributed by atoms with Gasteiger partial charge in [-0.15, -0.1) is 0 Å². The Labute approximate surface area is 139 Å². The number of hydrogen-bond donors (Lipinski definition) is 1. The Morgan fingerprint density at radius 2 is 2.43 bits per heavy atom. The lowest BCUT2D eigenvalue weighted by atomic mass is 10.0. The number of aromatic nitrogens is 2. The lowest BCUT2D eigenvalue weighted by Crippen LogP contribution is -2.48. The standard InChI is InChI=1S/C16H18ClN3O3/c1-22-16(5-8-23-10-16)15(21)19-9-12-13(17)3-2-4-14(12)20-7-6-18-11-20/h2-4,6-7,11H,5,8-10H2,1H3,(H,19,21)/t16-/m0/s1. The van der Waals surface area contributed by atoms with Gasteiger partial charge in [0.2, 0.25) is 0 Å². The minimum atomic E-state index is -0.906. The summed E-state index contributed by atoms with van der Waals surface area (Å²) in [6, 6.07) is 5.60. The van der Waals surface area contributed by atoms with Gasteiger partial charge in [-0.3, -0.25) is 4.79 Å². The summed E-state index contributed by atoms with van der Waals surface area (Å²) in [4.78, 5) is 16.6. The van der Waals surface area contributed by atoms with E-state index in [9.17, 15) is 4.79 Å². The van der Waals surface area contributed by atoms with E-state index in [4.69, 9.17) is 21.1 Å². The highest BCUT2D eigenvalue weighted by Crippen LogP contribution is 2.25. The van der Waals surface area contributed by atoms with Crippen molar-refractivity contribution in [3.05, 3.63) is 47.5 Å². The van der Waals surface area contributed by atoms with Gasteiger partial charge in [-0.1, -0.05) is 17.7 Å². The zero-order valence-electron chi connectivity index (χ0n) is 12.8. The number of halogens is 1. The fraction of sp³-hybridized carbons (Fsp3) is 0.375. The molecule has 0 bridgehead atoms. The number of methoxy groups -OCH3 is 1. The van der Waals surface area contributed by atoms with Crippen LogP contribution in [0.5, 0.6) is 0 Å². The molecule has 1 saturated heterocycles. The maximum atomic E-state index is 12.5. The van der Waals surface area contributed by atoms with Crippen molar-refractivity contribution in [3.63, 3.8) is 0 Å². The van der Waals surface area contributed by atoms with Gasteiger partial charge in [-0.25, -0.2) is 4.98 Å². The molecule has 6 nitrogen and oxygen atoms in total. The molecule has 1 fully saturated rings. The van der Waals surface area contributed by atoms with Crippen LogP contribution in [0.1, 0.15) is 12.0 Å². The Kier molecular flexibility index (Phi) is 4.66. The van der Waals surface area contributed by atoms with Crippen molar-refractivity contribution in [1.82, 2.24) is 14.9 Å². The third kappa shape index (κ3) is 3.10. The van der Waals surface area contributed by atoms with Crippen LogP contribution in [0, 0.1) is 0 Å². The molecule has 1 N–H and O–H groups in total. The van der Waals surface area contributed by atoms with Gasteiger partial charge in [-0.2, -0.15) is 0 Å². The van der Waals surface area contributed by atoms with Crippen molar-refractivity contribution in [1.29, 1.82) is 0 Å². The largest absolute Gasteiger partial charge is 0.378 e. The Balaban J connectivity index is 1.80. The topological polar surface area (TPSA) is 65.4 Å². The number of carbonyl (C=O) groups excluding carboxylic acids is 1. The first kappa shape index (κ1) is 16.0. The molecule has 7 heteroatoms. The number of hydrogen-bond acceptors (Lipinski definition) is 4. The van der Waals surface area contributed by atoms with E-state index in [0.29, 0.717) is 24.6 Å². The third-order valence-corrected chi connectivity index (χ3v) is 4.45. The van der Waals surface area contributed by atoms with Gasteiger partial charge < -0.3 is 19.4 Å². The van der Waals surface area contributed by atoms with Crippen LogP contribution in [0.3, 0.4) is 0 Å². The molecular weight excluding hydrogens is 318 g/mol. The van der Waals surface area contributed by atoms with Crippen LogP contribution in [-0.2, 0) is 20.8 Å². The molecule has 1 aliphatic rings. The van der Waals surface area contributed by atoms with E-state index < -0.39 is 5.60 Å². The van der Waals surface area contributed by atoms with Gasteiger partial charge in [0.25, 0.3) is 5.91 Å². The summed E-state index contributed by atoms with van der Waals surface area (Å²) in [6.07, 6.45) is 5.77. The molecule has 0 saturated carbocycles. The number of carbonyl (C=O) groups is 1. The Hall–Kier alpha value is -1.89. The molecule has 2 aromatic rings. The summed E-state index contributed by atoms with van der Waals surface area (Å²) in [5, 5.41) is 3.50.